The molecule has 0 unspecified atom stereocenters. The zero-order valence-corrected chi connectivity index (χ0v) is 7.38. The van der Waals surface area contributed by atoms with Gasteiger partial charge in [-0.1, -0.05) is 0 Å². The van der Waals surface area contributed by atoms with Gasteiger partial charge in [-0.05, 0) is 25.7 Å². The third kappa shape index (κ3) is 3.19. The molecule has 4 heteroatoms. The van der Waals surface area contributed by atoms with Crippen LogP contribution in [0.1, 0.15) is 32.6 Å². The lowest BCUT2D eigenvalue weighted by Crippen LogP contribution is -2.34. The van der Waals surface area contributed by atoms with E-state index in [1.54, 1.807) is 0 Å². The Labute approximate surface area is 72.4 Å². The third-order valence-corrected chi connectivity index (χ3v) is 2.09. The molecule has 1 fully saturated rings. The normalized spacial score (nSPS) is 29.8. The average molecular weight is 172 g/mol. The summed E-state index contributed by atoms with van der Waals surface area (Å²) in [6.45, 7) is 1.44. The van der Waals surface area contributed by atoms with E-state index in [0.29, 0.717) is 6.04 Å². The van der Waals surface area contributed by atoms with Crippen molar-refractivity contribution < 1.29 is 9.63 Å². The Bertz CT molecular complexity index is 153. The molecule has 0 heterocycles. The highest BCUT2D eigenvalue weighted by molar-refractivity contribution is 5.71. The van der Waals surface area contributed by atoms with Gasteiger partial charge in [-0.3, -0.25) is 9.63 Å². The molecule has 0 spiro atoms. The number of hydrogen-bond acceptors (Lipinski definition) is 3. The fraction of sp³-hybridized carbons (Fsp3) is 0.875. The van der Waals surface area contributed by atoms with E-state index in [1.807, 2.05) is 0 Å². The second kappa shape index (κ2) is 4.42. The van der Waals surface area contributed by atoms with Gasteiger partial charge in [-0.15, -0.1) is 0 Å². The lowest BCUT2D eigenvalue weighted by molar-refractivity contribution is -0.137. The van der Waals surface area contributed by atoms with Crippen LogP contribution in [-0.2, 0) is 9.63 Å². The smallest absolute Gasteiger partial charge is 0.240 e. The molecule has 0 aromatic heterocycles. The fourth-order valence-corrected chi connectivity index (χ4v) is 1.37. The van der Waals surface area contributed by atoms with Crippen LogP contribution in [-0.4, -0.2) is 18.1 Å². The quantitative estimate of drug-likeness (QED) is 0.590. The molecule has 0 atom stereocenters. The SMILES string of the molecule is CC(=O)NOC1CCC(N)CC1. The van der Waals surface area contributed by atoms with Crippen molar-refractivity contribution in [2.45, 2.75) is 44.8 Å². The number of nitrogens with one attached hydrogen (secondary N) is 1. The largest absolute Gasteiger partial charge is 0.328 e. The zero-order valence-electron chi connectivity index (χ0n) is 7.38. The number of amides is 1. The standard InChI is InChI=1S/C8H16N2O2/c1-6(11)10-12-8-4-2-7(9)3-5-8/h7-8H,2-5,9H2,1H3,(H,10,11). The average Bonchev–Trinajstić information content (AvgIpc) is 2.03. The van der Waals surface area contributed by atoms with E-state index >= 15 is 0 Å². The van der Waals surface area contributed by atoms with Crippen LogP contribution in [0.3, 0.4) is 0 Å². The van der Waals surface area contributed by atoms with E-state index in [9.17, 15) is 4.79 Å². The summed E-state index contributed by atoms with van der Waals surface area (Å²) in [6, 6.07) is 0.321. The molecule has 0 aromatic rings. The van der Waals surface area contributed by atoms with Gasteiger partial charge in [0.05, 0.1) is 6.10 Å². The second-order valence-electron chi connectivity index (χ2n) is 3.31. The monoisotopic (exact) mass is 172 g/mol. The Balaban J connectivity index is 2.13. The summed E-state index contributed by atoms with van der Waals surface area (Å²) in [5, 5.41) is 0. The van der Waals surface area contributed by atoms with E-state index < -0.39 is 0 Å². The van der Waals surface area contributed by atoms with E-state index in [1.165, 1.54) is 6.92 Å². The van der Waals surface area contributed by atoms with E-state index in [4.69, 9.17) is 10.6 Å². The molecule has 0 bridgehead atoms. The van der Waals surface area contributed by atoms with Crippen LogP contribution in [0.4, 0.5) is 0 Å². The molecule has 1 aliphatic rings. The molecular formula is C8H16N2O2. The van der Waals surface area contributed by atoms with Crippen molar-refractivity contribution in [3.05, 3.63) is 0 Å². The van der Waals surface area contributed by atoms with Crippen molar-refractivity contribution in [1.82, 2.24) is 5.48 Å². The molecule has 1 aliphatic carbocycles. The third-order valence-electron chi connectivity index (χ3n) is 2.09. The number of carbonyl (C=O) groups excluding carboxylic acids is 1. The Kier molecular flexibility index (Phi) is 3.49. The summed E-state index contributed by atoms with van der Waals surface area (Å²) < 4.78 is 0. The van der Waals surface area contributed by atoms with Crippen LogP contribution in [0, 0.1) is 0 Å². The highest BCUT2D eigenvalue weighted by Crippen LogP contribution is 2.18. The predicted octanol–water partition coefficient (Wildman–Crippen LogP) is 0.324. The summed E-state index contributed by atoms with van der Waals surface area (Å²) in [6.07, 6.45) is 4.03. The molecular weight excluding hydrogens is 156 g/mol. The minimum atomic E-state index is -0.148. The Hall–Kier alpha value is -0.610. The molecule has 0 saturated heterocycles. The minimum Gasteiger partial charge on any atom is -0.328 e. The molecule has 12 heavy (non-hydrogen) atoms. The fourth-order valence-electron chi connectivity index (χ4n) is 1.37. The van der Waals surface area contributed by atoms with Crippen molar-refractivity contribution in [3.63, 3.8) is 0 Å². The predicted molar refractivity (Wildman–Crippen MR) is 45.1 cm³/mol. The van der Waals surface area contributed by atoms with Crippen LogP contribution >= 0.6 is 0 Å². The Morgan fingerprint density at radius 3 is 2.50 bits per heavy atom. The van der Waals surface area contributed by atoms with Gasteiger partial charge < -0.3 is 5.73 Å². The minimum absolute atomic E-state index is 0.148. The first-order valence-electron chi connectivity index (χ1n) is 4.36. The molecule has 4 nitrogen and oxygen atoms in total. The summed E-state index contributed by atoms with van der Waals surface area (Å²) in [4.78, 5) is 15.6. The topological polar surface area (TPSA) is 64.3 Å². The summed E-state index contributed by atoms with van der Waals surface area (Å²) in [5.41, 5.74) is 8.06. The maximum Gasteiger partial charge on any atom is 0.240 e. The van der Waals surface area contributed by atoms with Gasteiger partial charge in [-0.2, -0.15) is 0 Å². The van der Waals surface area contributed by atoms with Gasteiger partial charge in [-0.25, -0.2) is 5.48 Å². The van der Waals surface area contributed by atoms with Gasteiger partial charge in [0.2, 0.25) is 5.91 Å². The van der Waals surface area contributed by atoms with Crippen molar-refractivity contribution in [3.8, 4) is 0 Å². The lowest BCUT2D eigenvalue weighted by atomic mass is 9.94. The second-order valence-corrected chi connectivity index (χ2v) is 3.31. The lowest BCUT2D eigenvalue weighted by Gasteiger charge is -2.25. The molecule has 70 valence electrons. The van der Waals surface area contributed by atoms with E-state index in [2.05, 4.69) is 5.48 Å². The molecule has 1 rings (SSSR count). The maximum absolute atomic E-state index is 10.5. The summed E-state index contributed by atoms with van der Waals surface area (Å²) in [7, 11) is 0. The first-order chi connectivity index (χ1) is 5.68. The molecule has 0 radical (unpaired) electrons. The first-order valence-corrected chi connectivity index (χ1v) is 4.36. The van der Waals surface area contributed by atoms with Crippen molar-refractivity contribution in [2.75, 3.05) is 0 Å². The highest BCUT2D eigenvalue weighted by atomic mass is 16.7. The van der Waals surface area contributed by atoms with Crippen molar-refractivity contribution >= 4 is 5.91 Å². The van der Waals surface area contributed by atoms with Gasteiger partial charge in [0.25, 0.3) is 0 Å². The van der Waals surface area contributed by atoms with Crippen molar-refractivity contribution in [1.29, 1.82) is 0 Å². The molecule has 0 aliphatic heterocycles. The van der Waals surface area contributed by atoms with Gasteiger partial charge in [0, 0.05) is 13.0 Å². The molecule has 3 N–H and O–H groups in total. The molecule has 0 aromatic carbocycles. The van der Waals surface area contributed by atoms with E-state index in [0.717, 1.165) is 25.7 Å². The summed E-state index contributed by atoms with van der Waals surface area (Å²) in [5.74, 6) is -0.148. The number of rotatable bonds is 2. The Morgan fingerprint density at radius 2 is 2.00 bits per heavy atom. The number of hydroxylamine groups is 1. The van der Waals surface area contributed by atoms with E-state index in [-0.39, 0.29) is 12.0 Å². The number of nitrogens with two attached hydrogens (primary N) is 1. The highest BCUT2D eigenvalue weighted by Gasteiger charge is 2.19. The molecule has 1 amide bonds. The van der Waals surface area contributed by atoms with Gasteiger partial charge >= 0.3 is 0 Å². The molecule has 1 saturated carbocycles. The first kappa shape index (κ1) is 9.48. The van der Waals surface area contributed by atoms with Crippen molar-refractivity contribution in [2.24, 2.45) is 5.73 Å². The summed E-state index contributed by atoms with van der Waals surface area (Å²) >= 11 is 0. The van der Waals surface area contributed by atoms with Crippen LogP contribution in [0.25, 0.3) is 0 Å². The van der Waals surface area contributed by atoms with Crippen LogP contribution < -0.4 is 11.2 Å². The zero-order chi connectivity index (χ0) is 8.97. The van der Waals surface area contributed by atoms with Crippen LogP contribution in [0.2, 0.25) is 0 Å². The van der Waals surface area contributed by atoms with Gasteiger partial charge in [0.15, 0.2) is 0 Å². The maximum atomic E-state index is 10.5. The number of hydrogen-bond donors (Lipinski definition) is 2. The van der Waals surface area contributed by atoms with Crippen LogP contribution in [0.5, 0.6) is 0 Å². The van der Waals surface area contributed by atoms with Gasteiger partial charge in [0.1, 0.15) is 0 Å². The number of carbonyl (C=O) groups is 1. The Morgan fingerprint density at radius 1 is 1.42 bits per heavy atom. The van der Waals surface area contributed by atoms with Crippen LogP contribution in [0.15, 0.2) is 0 Å².